The van der Waals surface area contributed by atoms with Crippen molar-refractivity contribution in [2.45, 2.75) is 41.5 Å². The summed E-state index contributed by atoms with van der Waals surface area (Å²) in [5.74, 6) is 0. The molecule has 0 aliphatic heterocycles. The number of hydrogen-bond acceptors (Lipinski definition) is 0. The molecule has 0 aromatic carbocycles. The molecule has 0 spiro atoms. The molecule has 0 unspecified atom stereocenters. The first-order valence-electron chi connectivity index (χ1n) is 5.36. The lowest BCUT2D eigenvalue weighted by atomic mass is 9.68. The maximum atomic E-state index is 2.33. The molecule has 1 rings (SSSR count). The van der Waals surface area contributed by atoms with Gasteiger partial charge in [-0.15, -0.1) is 0 Å². The Kier molecular flexibility index (Phi) is 2.76. The Morgan fingerprint density at radius 3 is 2.00 bits per heavy atom. The molecule has 0 heteroatoms. The summed E-state index contributed by atoms with van der Waals surface area (Å²) in [6.45, 7) is 13.4. The molecule has 78 valence electrons. The highest BCUT2D eigenvalue weighted by Gasteiger charge is 2.31. The molecule has 0 N–H and O–H groups in total. The van der Waals surface area contributed by atoms with E-state index in [1.807, 2.05) is 0 Å². The topological polar surface area (TPSA) is 0 Å². The average molecular weight is 190 g/mol. The van der Waals surface area contributed by atoms with Crippen LogP contribution in [-0.4, -0.2) is 0 Å². The SMILES string of the molecule is C/C=C/C1=C(C)C(C)(C)C=CC1(C)C. The van der Waals surface area contributed by atoms with Gasteiger partial charge in [-0.3, -0.25) is 0 Å². The van der Waals surface area contributed by atoms with E-state index in [0.29, 0.717) is 0 Å². The van der Waals surface area contributed by atoms with E-state index in [4.69, 9.17) is 0 Å². The molecule has 0 amide bonds. The van der Waals surface area contributed by atoms with Crippen LogP contribution in [0.3, 0.4) is 0 Å². The molecule has 0 radical (unpaired) electrons. The predicted octanol–water partition coefficient (Wildman–Crippen LogP) is 4.50. The first-order valence-corrected chi connectivity index (χ1v) is 5.36. The zero-order chi connectivity index (χ0) is 11.0. The van der Waals surface area contributed by atoms with Crippen LogP contribution in [0.5, 0.6) is 0 Å². The van der Waals surface area contributed by atoms with Crippen molar-refractivity contribution in [2.75, 3.05) is 0 Å². The minimum absolute atomic E-state index is 0.187. The quantitative estimate of drug-likeness (QED) is 0.534. The van der Waals surface area contributed by atoms with E-state index in [9.17, 15) is 0 Å². The van der Waals surface area contributed by atoms with Gasteiger partial charge in [0, 0.05) is 10.8 Å². The van der Waals surface area contributed by atoms with Gasteiger partial charge >= 0.3 is 0 Å². The summed E-state index contributed by atoms with van der Waals surface area (Å²) >= 11 is 0. The van der Waals surface area contributed by atoms with Gasteiger partial charge < -0.3 is 0 Å². The molecular formula is C14H22. The van der Waals surface area contributed by atoms with E-state index in [2.05, 4.69) is 65.8 Å². The lowest BCUT2D eigenvalue weighted by molar-refractivity contribution is 0.485. The molecule has 0 atom stereocenters. The highest BCUT2D eigenvalue weighted by Crippen LogP contribution is 2.44. The van der Waals surface area contributed by atoms with E-state index in [1.54, 1.807) is 0 Å². The molecule has 1 aliphatic rings. The van der Waals surface area contributed by atoms with Gasteiger partial charge in [-0.05, 0) is 19.4 Å². The van der Waals surface area contributed by atoms with Gasteiger partial charge in [-0.25, -0.2) is 0 Å². The Bertz CT molecular complexity index is 309. The summed E-state index contributed by atoms with van der Waals surface area (Å²) in [7, 11) is 0. The van der Waals surface area contributed by atoms with Crippen molar-refractivity contribution in [3.8, 4) is 0 Å². The second-order valence-corrected chi connectivity index (χ2v) is 5.32. The van der Waals surface area contributed by atoms with Crippen molar-refractivity contribution in [3.63, 3.8) is 0 Å². The van der Waals surface area contributed by atoms with Crippen LogP contribution in [0.15, 0.2) is 35.5 Å². The first-order chi connectivity index (χ1) is 6.31. The molecule has 0 fully saturated rings. The number of allylic oxidation sites excluding steroid dienone is 6. The van der Waals surface area contributed by atoms with Gasteiger partial charge in [0.2, 0.25) is 0 Å². The Morgan fingerprint density at radius 1 is 1.00 bits per heavy atom. The third kappa shape index (κ3) is 1.84. The molecule has 0 saturated heterocycles. The largest absolute Gasteiger partial charge is 0.0874 e. The van der Waals surface area contributed by atoms with Crippen molar-refractivity contribution < 1.29 is 0 Å². The lowest BCUT2D eigenvalue weighted by Gasteiger charge is -2.36. The zero-order valence-corrected chi connectivity index (χ0v) is 10.3. The smallest absolute Gasteiger partial charge is 0.00752 e. The Labute approximate surface area is 88.4 Å². The molecule has 0 heterocycles. The maximum Gasteiger partial charge on any atom is 0.00752 e. The van der Waals surface area contributed by atoms with E-state index in [1.165, 1.54) is 11.1 Å². The standard InChI is InChI=1S/C14H22/c1-7-8-12-11(2)13(3,4)9-10-14(12,5)6/h7-10H,1-6H3/b8-7+. The molecule has 0 aromatic rings. The molecule has 0 aromatic heterocycles. The van der Waals surface area contributed by atoms with Crippen LogP contribution in [0.2, 0.25) is 0 Å². The van der Waals surface area contributed by atoms with Gasteiger partial charge in [-0.2, -0.15) is 0 Å². The summed E-state index contributed by atoms with van der Waals surface area (Å²) in [5, 5.41) is 0. The summed E-state index contributed by atoms with van der Waals surface area (Å²) < 4.78 is 0. The highest BCUT2D eigenvalue weighted by molar-refractivity contribution is 5.42. The molecule has 0 nitrogen and oxygen atoms in total. The first kappa shape index (κ1) is 11.3. The fourth-order valence-corrected chi connectivity index (χ4v) is 1.97. The van der Waals surface area contributed by atoms with E-state index < -0.39 is 0 Å². The van der Waals surface area contributed by atoms with Gasteiger partial charge in [-0.1, -0.05) is 57.6 Å². The molecular weight excluding hydrogens is 168 g/mol. The van der Waals surface area contributed by atoms with Crippen LogP contribution in [0.1, 0.15) is 41.5 Å². The molecule has 14 heavy (non-hydrogen) atoms. The predicted molar refractivity (Wildman–Crippen MR) is 64.2 cm³/mol. The summed E-state index contributed by atoms with van der Waals surface area (Å²) in [4.78, 5) is 0. The molecule has 0 bridgehead atoms. The highest BCUT2D eigenvalue weighted by atomic mass is 14.3. The van der Waals surface area contributed by atoms with Crippen LogP contribution in [0, 0.1) is 10.8 Å². The minimum Gasteiger partial charge on any atom is -0.0874 e. The average Bonchev–Trinajstić information content (AvgIpc) is 2.08. The van der Waals surface area contributed by atoms with Gasteiger partial charge in [0.15, 0.2) is 0 Å². The van der Waals surface area contributed by atoms with E-state index in [-0.39, 0.29) is 10.8 Å². The summed E-state index contributed by atoms with van der Waals surface area (Å²) in [6.07, 6.45) is 9.04. The fraction of sp³-hybridized carbons (Fsp3) is 0.571. The Hall–Kier alpha value is -0.780. The van der Waals surface area contributed by atoms with Crippen LogP contribution in [0.25, 0.3) is 0 Å². The lowest BCUT2D eigenvalue weighted by Crippen LogP contribution is -2.24. The van der Waals surface area contributed by atoms with Crippen molar-refractivity contribution in [3.05, 3.63) is 35.5 Å². The van der Waals surface area contributed by atoms with Gasteiger partial charge in [0.25, 0.3) is 0 Å². The monoisotopic (exact) mass is 190 g/mol. The molecule has 0 saturated carbocycles. The van der Waals surface area contributed by atoms with Crippen molar-refractivity contribution in [2.24, 2.45) is 10.8 Å². The van der Waals surface area contributed by atoms with E-state index in [0.717, 1.165) is 0 Å². The van der Waals surface area contributed by atoms with Gasteiger partial charge in [0.05, 0.1) is 0 Å². The second-order valence-electron chi connectivity index (χ2n) is 5.32. The minimum atomic E-state index is 0.187. The van der Waals surface area contributed by atoms with Crippen LogP contribution in [-0.2, 0) is 0 Å². The zero-order valence-electron chi connectivity index (χ0n) is 10.3. The number of hydrogen-bond donors (Lipinski definition) is 0. The van der Waals surface area contributed by atoms with Crippen LogP contribution >= 0.6 is 0 Å². The second kappa shape index (κ2) is 3.42. The third-order valence-electron chi connectivity index (χ3n) is 3.31. The van der Waals surface area contributed by atoms with Crippen LogP contribution < -0.4 is 0 Å². The maximum absolute atomic E-state index is 2.33. The fourth-order valence-electron chi connectivity index (χ4n) is 1.97. The van der Waals surface area contributed by atoms with Crippen LogP contribution in [0.4, 0.5) is 0 Å². The van der Waals surface area contributed by atoms with Crippen molar-refractivity contribution in [1.29, 1.82) is 0 Å². The summed E-state index contributed by atoms with van der Waals surface area (Å²) in [5.41, 5.74) is 3.35. The third-order valence-corrected chi connectivity index (χ3v) is 3.31. The normalized spacial score (nSPS) is 24.7. The number of rotatable bonds is 1. The Morgan fingerprint density at radius 2 is 1.50 bits per heavy atom. The van der Waals surface area contributed by atoms with Gasteiger partial charge in [0.1, 0.15) is 0 Å². The van der Waals surface area contributed by atoms with E-state index >= 15 is 0 Å². The molecule has 1 aliphatic carbocycles. The van der Waals surface area contributed by atoms with Crippen molar-refractivity contribution >= 4 is 0 Å². The van der Waals surface area contributed by atoms with Crippen molar-refractivity contribution in [1.82, 2.24) is 0 Å². The Balaban J connectivity index is 3.27. The summed E-state index contributed by atoms with van der Waals surface area (Å²) in [6, 6.07) is 0.